The monoisotopic (exact) mass is 486 g/mol. The second kappa shape index (κ2) is 12.7. The van der Waals surface area contributed by atoms with Crippen LogP contribution in [0.5, 0.6) is 5.75 Å². The first kappa shape index (κ1) is 28.4. The van der Waals surface area contributed by atoms with E-state index in [1.165, 1.54) is 0 Å². The molecule has 1 saturated heterocycles. The number of carbonyl (C=O) groups is 3. The number of hydrazine groups is 1. The van der Waals surface area contributed by atoms with Crippen molar-refractivity contribution in [2.45, 2.75) is 78.9 Å². The highest BCUT2D eigenvalue weighted by Gasteiger charge is 2.34. The summed E-state index contributed by atoms with van der Waals surface area (Å²) in [5, 5.41) is 17.2. The number of hydrogen-bond donors (Lipinski definition) is 4. The SMILES string of the molecule is C=C(C(C)C)C1CCCN(C(=O)C(Cc2cccc(O)c2)NC(=O)C(NC(=O)C(C)C)C(C)C)N1. The highest BCUT2D eigenvalue weighted by Crippen LogP contribution is 2.21. The molecule has 3 amide bonds. The first-order valence-electron chi connectivity index (χ1n) is 12.6. The topological polar surface area (TPSA) is 111 Å². The van der Waals surface area contributed by atoms with Gasteiger partial charge in [-0.05, 0) is 42.4 Å². The van der Waals surface area contributed by atoms with Gasteiger partial charge < -0.3 is 15.7 Å². The largest absolute Gasteiger partial charge is 0.508 e. The molecule has 1 fully saturated rings. The van der Waals surface area contributed by atoms with Crippen molar-refractivity contribution in [1.82, 2.24) is 21.1 Å². The smallest absolute Gasteiger partial charge is 0.259 e. The quantitative estimate of drug-likeness (QED) is 0.380. The van der Waals surface area contributed by atoms with Crippen LogP contribution in [0.1, 0.15) is 59.9 Å². The minimum atomic E-state index is -0.875. The number of benzene rings is 1. The van der Waals surface area contributed by atoms with Crippen LogP contribution in [0.2, 0.25) is 0 Å². The summed E-state index contributed by atoms with van der Waals surface area (Å²) in [6.07, 6.45) is 1.91. The zero-order valence-corrected chi connectivity index (χ0v) is 21.9. The van der Waals surface area contributed by atoms with Crippen molar-refractivity contribution in [2.75, 3.05) is 6.54 Å². The lowest BCUT2D eigenvalue weighted by Crippen LogP contribution is -2.61. The van der Waals surface area contributed by atoms with Crippen molar-refractivity contribution in [1.29, 1.82) is 0 Å². The molecule has 0 spiro atoms. The predicted octanol–water partition coefficient (Wildman–Crippen LogP) is 2.92. The molecule has 1 aromatic carbocycles. The van der Waals surface area contributed by atoms with Gasteiger partial charge >= 0.3 is 0 Å². The lowest BCUT2D eigenvalue weighted by Gasteiger charge is -2.38. The molecular formula is C27H42N4O4. The molecule has 0 aliphatic carbocycles. The fourth-order valence-corrected chi connectivity index (χ4v) is 4.04. The molecule has 2 rings (SSSR count). The molecule has 4 N–H and O–H groups in total. The summed E-state index contributed by atoms with van der Waals surface area (Å²) in [4.78, 5) is 39.2. The van der Waals surface area contributed by atoms with Crippen LogP contribution < -0.4 is 16.1 Å². The fourth-order valence-electron chi connectivity index (χ4n) is 4.04. The van der Waals surface area contributed by atoms with E-state index in [0.717, 1.165) is 24.0 Å². The van der Waals surface area contributed by atoms with E-state index in [-0.39, 0.29) is 47.8 Å². The summed E-state index contributed by atoms with van der Waals surface area (Å²) in [7, 11) is 0. The second-order valence-electron chi connectivity index (χ2n) is 10.4. The maximum absolute atomic E-state index is 13.7. The number of amides is 3. The summed E-state index contributed by atoms with van der Waals surface area (Å²) in [5.41, 5.74) is 5.05. The van der Waals surface area contributed by atoms with Gasteiger partial charge in [0.15, 0.2) is 0 Å². The average molecular weight is 487 g/mol. The van der Waals surface area contributed by atoms with E-state index in [9.17, 15) is 19.5 Å². The first-order chi connectivity index (χ1) is 16.4. The Labute approximate surface area is 209 Å². The van der Waals surface area contributed by atoms with E-state index in [2.05, 4.69) is 36.5 Å². The number of aromatic hydroxyl groups is 1. The Morgan fingerprint density at radius 2 is 1.77 bits per heavy atom. The van der Waals surface area contributed by atoms with Crippen molar-refractivity contribution in [3.63, 3.8) is 0 Å². The van der Waals surface area contributed by atoms with E-state index >= 15 is 0 Å². The number of phenols is 1. The van der Waals surface area contributed by atoms with Crippen LogP contribution in [-0.2, 0) is 20.8 Å². The van der Waals surface area contributed by atoms with Gasteiger partial charge in [0.2, 0.25) is 11.8 Å². The molecule has 3 atom stereocenters. The van der Waals surface area contributed by atoms with Crippen LogP contribution in [-0.4, -0.2) is 52.5 Å². The standard InChI is InChI=1S/C27H42N4O4/c1-16(2)19(7)22-12-9-13-31(30-22)27(35)23(15-20-10-8-11-21(32)14-20)28-26(34)24(17(3)4)29-25(33)18(5)6/h8,10-11,14,16-18,22-24,30,32H,7,9,12-13,15H2,1-6H3,(H,28,34)(H,29,33). The van der Waals surface area contributed by atoms with Crippen molar-refractivity contribution < 1.29 is 19.5 Å². The Kier molecular flexibility index (Phi) is 10.3. The maximum Gasteiger partial charge on any atom is 0.259 e. The van der Waals surface area contributed by atoms with Crippen LogP contribution in [0.25, 0.3) is 0 Å². The third-order valence-electron chi connectivity index (χ3n) is 6.38. The number of rotatable bonds is 10. The lowest BCUT2D eigenvalue weighted by molar-refractivity contribution is -0.141. The van der Waals surface area contributed by atoms with Crippen molar-refractivity contribution in [3.05, 3.63) is 42.0 Å². The Bertz CT molecular complexity index is 912. The summed E-state index contributed by atoms with van der Waals surface area (Å²) >= 11 is 0. The average Bonchev–Trinajstić information content (AvgIpc) is 2.80. The van der Waals surface area contributed by atoms with Crippen LogP contribution in [0.15, 0.2) is 36.4 Å². The molecule has 8 heteroatoms. The van der Waals surface area contributed by atoms with Gasteiger partial charge in [-0.2, -0.15) is 0 Å². The molecule has 1 aliphatic heterocycles. The van der Waals surface area contributed by atoms with Crippen molar-refractivity contribution in [3.8, 4) is 5.75 Å². The lowest BCUT2D eigenvalue weighted by atomic mass is 9.93. The fraction of sp³-hybridized carbons (Fsp3) is 0.593. The number of nitrogens with zero attached hydrogens (tertiary/aromatic N) is 1. The van der Waals surface area contributed by atoms with E-state index in [1.54, 1.807) is 43.1 Å². The van der Waals surface area contributed by atoms with E-state index in [1.807, 2.05) is 13.8 Å². The zero-order chi connectivity index (χ0) is 26.3. The van der Waals surface area contributed by atoms with Crippen LogP contribution >= 0.6 is 0 Å². The van der Waals surface area contributed by atoms with Gasteiger partial charge in [-0.15, -0.1) is 0 Å². The van der Waals surface area contributed by atoms with Crippen molar-refractivity contribution in [2.24, 2.45) is 17.8 Å². The summed E-state index contributed by atoms with van der Waals surface area (Å²) in [6.45, 7) is 16.1. The summed E-state index contributed by atoms with van der Waals surface area (Å²) in [5.74, 6) is -0.954. The predicted molar refractivity (Wildman–Crippen MR) is 137 cm³/mol. The second-order valence-corrected chi connectivity index (χ2v) is 10.4. The van der Waals surface area contributed by atoms with Gasteiger partial charge in [0.25, 0.3) is 5.91 Å². The minimum Gasteiger partial charge on any atom is -0.508 e. The van der Waals surface area contributed by atoms with Gasteiger partial charge in [-0.25, -0.2) is 5.43 Å². The molecule has 0 aromatic heterocycles. The molecule has 3 unspecified atom stereocenters. The van der Waals surface area contributed by atoms with Gasteiger partial charge in [-0.3, -0.25) is 19.4 Å². The first-order valence-corrected chi connectivity index (χ1v) is 12.6. The van der Waals surface area contributed by atoms with Crippen LogP contribution in [0.3, 0.4) is 0 Å². The molecule has 0 radical (unpaired) electrons. The number of hydrogen-bond acceptors (Lipinski definition) is 5. The van der Waals surface area contributed by atoms with Crippen molar-refractivity contribution >= 4 is 17.7 Å². The third kappa shape index (κ3) is 8.09. The highest BCUT2D eigenvalue weighted by atomic mass is 16.3. The summed E-state index contributed by atoms with van der Waals surface area (Å²) < 4.78 is 0. The Morgan fingerprint density at radius 1 is 1.09 bits per heavy atom. The Hall–Kier alpha value is -2.87. The van der Waals surface area contributed by atoms with E-state index in [4.69, 9.17) is 0 Å². The molecule has 1 heterocycles. The molecule has 0 bridgehead atoms. The van der Waals surface area contributed by atoms with E-state index < -0.39 is 18.0 Å². The molecule has 1 aromatic rings. The Balaban J connectivity index is 2.27. The minimum absolute atomic E-state index is 0.0152. The Morgan fingerprint density at radius 3 is 2.34 bits per heavy atom. The number of phenolic OH excluding ortho intramolecular Hbond substituents is 1. The zero-order valence-electron chi connectivity index (χ0n) is 21.9. The third-order valence-corrected chi connectivity index (χ3v) is 6.38. The molecule has 35 heavy (non-hydrogen) atoms. The molecule has 1 aliphatic rings. The van der Waals surface area contributed by atoms with E-state index in [0.29, 0.717) is 6.54 Å². The highest BCUT2D eigenvalue weighted by molar-refractivity contribution is 5.92. The van der Waals surface area contributed by atoms with Gasteiger partial charge in [0.1, 0.15) is 17.8 Å². The molecule has 194 valence electrons. The van der Waals surface area contributed by atoms with Gasteiger partial charge in [0.05, 0.1) is 0 Å². The number of carbonyl (C=O) groups excluding carboxylic acids is 3. The molecular weight excluding hydrogens is 444 g/mol. The molecule has 8 nitrogen and oxygen atoms in total. The summed E-state index contributed by atoms with van der Waals surface area (Å²) in [6, 6.07) is 4.99. The normalized spacial score (nSPS) is 17.9. The van der Waals surface area contributed by atoms with Crippen LogP contribution in [0.4, 0.5) is 0 Å². The maximum atomic E-state index is 13.7. The van der Waals surface area contributed by atoms with Gasteiger partial charge in [0, 0.05) is 24.9 Å². The number of nitrogens with one attached hydrogen (secondary N) is 3. The van der Waals surface area contributed by atoms with Crippen LogP contribution in [0, 0.1) is 17.8 Å². The molecule has 0 saturated carbocycles. The van der Waals surface area contributed by atoms with Gasteiger partial charge in [-0.1, -0.05) is 65.8 Å².